The molecule has 1 aromatic rings. The second-order valence-corrected chi connectivity index (χ2v) is 6.35. The SMILES string of the molecule is CNCC(=Cc1[nH]nc(N)c1C#N)B1OC(C)(C)C(C)(C)O1. The van der Waals surface area contributed by atoms with Crippen molar-refractivity contribution in [2.45, 2.75) is 38.9 Å². The Morgan fingerprint density at radius 1 is 1.41 bits per heavy atom. The van der Waals surface area contributed by atoms with Crippen LogP contribution in [-0.4, -0.2) is 42.1 Å². The molecular weight excluding hydrogens is 281 g/mol. The van der Waals surface area contributed by atoms with Gasteiger partial charge in [-0.1, -0.05) is 0 Å². The molecule has 118 valence electrons. The molecule has 0 amide bonds. The van der Waals surface area contributed by atoms with Crippen LogP contribution < -0.4 is 11.1 Å². The summed E-state index contributed by atoms with van der Waals surface area (Å²) in [5.74, 6) is 0.187. The van der Waals surface area contributed by atoms with Crippen molar-refractivity contribution in [3.8, 4) is 6.07 Å². The Labute approximate surface area is 131 Å². The summed E-state index contributed by atoms with van der Waals surface area (Å²) < 4.78 is 12.1. The lowest BCUT2D eigenvalue weighted by Crippen LogP contribution is -2.41. The van der Waals surface area contributed by atoms with E-state index in [1.807, 2.05) is 40.8 Å². The van der Waals surface area contributed by atoms with Crippen molar-refractivity contribution in [3.05, 3.63) is 16.7 Å². The van der Waals surface area contributed by atoms with E-state index in [1.54, 1.807) is 6.08 Å². The molecule has 1 aliphatic heterocycles. The zero-order chi connectivity index (χ0) is 16.5. The molecule has 2 heterocycles. The lowest BCUT2D eigenvalue weighted by Gasteiger charge is -2.32. The number of nitrogens with zero attached hydrogens (tertiary/aromatic N) is 2. The van der Waals surface area contributed by atoms with E-state index in [0.717, 1.165) is 5.47 Å². The highest BCUT2D eigenvalue weighted by Crippen LogP contribution is 2.38. The van der Waals surface area contributed by atoms with Crippen molar-refractivity contribution < 1.29 is 9.31 Å². The number of H-pyrrole nitrogens is 1. The molecule has 22 heavy (non-hydrogen) atoms. The fourth-order valence-corrected chi connectivity index (χ4v) is 2.18. The zero-order valence-electron chi connectivity index (χ0n) is 13.7. The molecule has 1 fully saturated rings. The second kappa shape index (κ2) is 5.76. The van der Waals surface area contributed by atoms with Crippen LogP contribution in [-0.2, 0) is 9.31 Å². The Hall–Kier alpha value is -1.82. The molecule has 0 unspecified atom stereocenters. The van der Waals surface area contributed by atoms with Crippen LogP contribution in [0.3, 0.4) is 0 Å². The van der Waals surface area contributed by atoms with Crippen LogP contribution in [0.1, 0.15) is 39.0 Å². The first-order valence-electron chi connectivity index (χ1n) is 7.16. The molecule has 8 heteroatoms. The standard InChI is InChI=1S/C14H22BN5O2/c1-13(2)14(3,4)22-15(21-13)9(8-18-5)6-11-10(7-16)12(17)20-19-11/h6,18H,8H2,1-5H3,(H3,17,19,20). The van der Waals surface area contributed by atoms with E-state index in [-0.39, 0.29) is 5.82 Å². The van der Waals surface area contributed by atoms with Crippen molar-refractivity contribution in [3.63, 3.8) is 0 Å². The summed E-state index contributed by atoms with van der Waals surface area (Å²) in [5, 5.41) is 18.9. The third-order valence-electron chi connectivity index (χ3n) is 4.20. The monoisotopic (exact) mass is 303 g/mol. The minimum atomic E-state index is -0.492. The largest absolute Gasteiger partial charge is 0.491 e. The summed E-state index contributed by atoms with van der Waals surface area (Å²) in [5.41, 5.74) is 6.57. The first-order valence-corrected chi connectivity index (χ1v) is 7.16. The predicted molar refractivity (Wildman–Crippen MR) is 85.7 cm³/mol. The van der Waals surface area contributed by atoms with E-state index in [4.69, 9.17) is 20.3 Å². The van der Waals surface area contributed by atoms with Crippen LogP contribution in [0.5, 0.6) is 0 Å². The number of nitriles is 1. The van der Waals surface area contributed by atoms with Crippen LogP contribution in [0, 0.1) is 11.3 Å². The van der Waals surface area contributed by atoms with E-state index in [9.17, 15) is 0 Å². The van der Waals surface area contributed by atoms with Crippen LogP contribution in [0.4, 0.5) is 5.82 Å². The van der Waals surface area contributed by atoms with Crippen LogP contribution in [0.25, 0.3) is 6.08 Å². The zero-order valence-corrected chi connectivity index (χ0v) is 13.7. The lowest BCUT2D eigenvalue weighted by atomic mass is 9.77. The number of likely N-dealkylation sites (N-methyl/N-ethyl adjacent to an activating group) is 1. The molecule has 0 radical (unpaired) electrons. The topological polar surface area (TPSA) is 109 Å². The molecule has 0 spiro atoms. The summed E-state index contributed by atoms with van der Waals surface area (Å²) >= 11 is 0. The number of hydrogen-bond donors (Lipinski definition) is 3. The quantitative estimate of drug-likeness (QED) is 0.719. The van der Waals surface area contributed by atoms with Gasteiger partial charge in [0.1, 0.15) is 11.6 Å². The lowest BCUT2D eigenvalue weighted by molar-refractivity contribution is 0.00578. The first-order chi connectivity index (χ1) is 10.2. The molecule has 7 nitrogen and oxygen atoms in total. The van der Waals surface area contributed by atoms with Crippen LogP contribution in [0.15, 0.2) is 5.47 Å². The Bertz CT molecular complexity index is 614. The van der Waals surface area contributed by atoms with Gasteiger partial charge in [0, 0.05) is 6.54 Å². The fourth-order valence-electron chi connectivity index (χ4n) is 2.18. The summed E-state index contributed by atoms with van der Waals surface area (Å²) in [6.07, 6.45) is 1.81. The Morgan fingerprint density at radius 2 is 2.00 bits per heavy atom. The average molecular weight is 303 g/mol. The third kappa shape index (κ3) is 2.88. The minimum Gasteiger partial charge on any atom is -0.400 e. The maximum absolute atomic E-state index is 9.17. The maximum Gasteiger partial charge on any atom is 0.491 e. The van der Waals surface area contributed by atoms with E-state index < -0.39 is 18.3 Å². The highest BCUT2D eigenvalue weighted by molar-refractivity contribution is 6.55. The second-order valence-electron chi connectivity index (χ2n) is 6.35. The number of aromatic amines is 1. The van der Waals surface area contributed by atoms with Gasteiger partial charge < -0.3 is 20.4 Å². The molecule has 0 aromatic carbocycles. The maximum atomic E-state index is 9.17. The van der Waals surface area contributed by atoms with Gasteiger partial charge in [-0.05, 0) is 46.3 Å². The van der Waals surface area contributed by atoms with E-state index in [1.165, 1.54) is 0 Å². The van der Waals surface area contributed by atoms with Crippen molar-refractivity contribution in [1.29, 1.82) is 5.26 Å². The summed E-state index contributed by atoms with van der Waals surface area (Å²) in [4.78, 5) is 0. The smallest absolute Gasteiger partial charge is 0.400 e. The Balaban J connectivity index is 2.36. The van der Waals surface area contributed by atoms with Crippen LogP contribution >= 0.6 is 0 Å². The number of nitrogen functional groups attached to an aromatic ring is 1. The molecule has 0 bridgehead atoms. The van der Waals surface area contributed by atoms with Gasteiger partial charge in [0.2, 0.25) is 0 Å². The third-order valence-corrected chi connectivity index (χ3v) is 4.20. The van der Waals surface area contributed by atoms with E-state index >= 15 is 0 Å². The molecule has 0 atom stereocenters. The van der Waals surface area contributed by atoms with Crippen molar-refractivity contribution in [1.82, 2.24) is 15.5 Å². The molecule has 4 N–H and O–H groups in total. The van der Waals surface area contributed by atoms with E-state index in [0.29, 0.717) is 17.8 Å². The molecule has 0 saturated carbocycles. The molecule has 0 aliphatic carbocycles. The Kier molecular flexibility index (Phi) is 4.33. The normalized spacial score (nSPS) is 20.2. The van der Waals surface area contributed by atoms with Gasteiger partial charge in [-0.2, -0.15) is 10.4 Å². The van der Waals surface area contributed by atoms with Gasteiger partial charge in [0.05, 0.1) is 16.9 Å². The Morgan fingerprint density at radius 3 is 2.50 bits per heavy atom. The van der Waals surface area contributed by atoms with Gasteiger partial charge in [-0.15, -0.1) is 0 Å². The molecular formula is C14H22BN5O2. The van der Waals surface area contributed by atoms with Gasteiger partial charge in [-0.3, -0.25) is 5.10 Å². The number of nitrogens with two attached hydrogens (primary N) is 1. The van der Waals surface area contributed by atoms with Crippen LogP contribution in [0.2, 0.25) is 0 Å². The highest BCUT2D eigenvalue weighted by atomic mass is 16.7. The van der Waals surface area contributed by atoms with Gasteiger partial charge >= 0.3 is 7.12 Å². The summed E-state index contributed by atoms with van der Waals surface area (Å²) in [7, 11) is 1.35. The number of nitrogens with one attached hydrogen (secondary N) is 2. The molecule has 1 aliphatic rings. The number of aromatic nitrogens is 2. The summed E-state index contributed by atoms with van der Waals surface area (Å²) in [6, 6.07) is 2.05. The highest BCUT2D eigenvalue weighted by Gasteiger charge is 2.52. The van der Waals surface area contributed by atoms with Gasteiger partial charge in [0.15, 0.2) is 5.82 Å². The number of rotatable bonds is 4. The predicted octanol–water partition coefficient (Wildman–Crippen LogP) is 1.10. The molecule has 1 saturated heterocycles. The van der Waals surface area contributed by atoms with Crippen molar-refractivity contribution in [2.24, 2.45) is 0 Å². The summed E-state index contributed by atoms with van der Waals surface area (Å²) in [6.45, 7) is 8.55. The van der Waals surface area contributed by atoms with Gasteiger partial charge in [0.25, 0.3) is 0 Å². The van der Waals surface area contributed by atoms with Crippen molar-refractivity contribution >= 4 is 19.0 Å². The first kappa shape index (κ1) is 16.6. The van der Waals surface area contributed by atoms with Gasteiger partial charge in [-0.25, -0.2) is 0 Å². The number of hydrogen-bond acceptors (Lipinski definition) is 6. The fraction of sp³-hybridized carbons (Fsp3) is 0.571. The van der Waals surface area contributed by atoms with E-state index in [2.05, 4.69) is 15.5 Å². The average Bonchev–Trinajstić information content (AvgIpc) is 2.86. The minimum absolute atomic E-state index is 0.187. The molecule has 1 aromatic heterocycles. The number of anilines is 1. The van der Waals surface area contributed by atoms with Crippen molar-refractivity contribution in [2.75, 3.05) is 19.3 Å². The molecule has 2 rings (SSSR count).